The molecule has 0 N–H and O–H groups in total. The van der Waals surface area contributed by atoms with E-state index < -0.39 is 0 Å². The van der Waals surface area contributed by atoms with Crippen molar-refractivity contribution in [2.24, 2.45) is 5.92 Å². The number of aryl methyl sites for hydroxylation is 1. The van der Waals surface area contributed by atoms with E-state index in [2.05, 4.69) is 50.4 Å². The van der Waals surface area contributed by atoms with E-state index in [0.717, 1.165) is 6.42 Å². The number of benzene rings is 1. The smallest absolute Gasteiger partial charge is 0.00932 e. The number of fused-ring (bicyclic) bond motifs is 1. The molecule has 0 aliphatic heterocycles. The van der Waals surface area contributed by atoms with Gasteiger partial charge in [-0.15, -0.1) is 13.2 Å². The summed E-state index contributed by atoms with van der Waals surface area (Å²) in [6, 6.07) is 8.90. The lowest BCUT2D eigenvalue weighted by atomic mass is 9.73. The van der Waals surface area contributed by atoms with E-state index in [1.54, 1.807) is 5.56 Å². The largest absolute Gasteiger partial charge is 0.103 e. The van der Waals surface area contributed by atoms with Gasteiger partial charge in [-0.2, -0.15) is 0 Å². The van der Waals surface area contributed by atoms with Crippen molar-refractivity contribution in [2.45, 2.75) is 38.5 Å². The third-order valence-electron chi connectivity index (χ3n) is 3.90. The average Bonchev–Trinajstić information content (AvgIpc) is 2.35. The minimum absolute atomic E-state index is 0.643. The predicted molar refractivity (Wildman–Crippen MR) is 75.2 cm³/mol. The first-order chi connectivity index (χ1) is 8.22. The van der Waals surface area contributed by atoms with Gasteiger partial charge in [0, 0.05) is 0 Å². The van der Waals surface area contributed by atoms with Crippen LogP contribution in [0.1, 0.15) is 43.2 Å². The minimum Gasteiger partial charge on any atom is -0.103 e. The Bertz CT molecular complexity index is 414. The van der Waals surface area contributed by atoms with E-state index in [0.29, 0.717) is 11.8 Å². The molecule has 1 aromatic rings. The fraction of sp³-hybridized carbons (Fsp3) is 0.412. The van der Waals surface area contributed by atoms with Gasteiger partial charge in [-0.3, -0.25) is 0 Å². The SMILES string of the molecule is C=C[C@@H]1CCc2ccccc2[C@H]1CCC(=C)C. The fourth-order valence-electron chi connectivity index (χ4n) is 2.93. The molecule has 90 valence electrons. The summed E-state index contributed by atoms with van der Waals surface area (Å²) < 4.78 is 0. The van der Waals surface area contributed by atoms with Crippen LogP contribution >= 0.6 is 0 Å². The summed E-state index contributed by atoms with van der Waals surface area (Å²) >= 11 is 0. The van der Waals surface area contributed by atoms with Gasteiger partial charge in [-0.05, 0) is 55.6 Å². The van der Waals surface area contributed by atoms with Gasteiger partial charge in [0.15, 0.2) is 0 Å². The van der Waals surface area contributed by atoms with Crippen LogP contribution in [0.3, 0.4) is 0 Å². The molecule has 2 rings (SSSR count). The Hall–Kier alpha value is -1.30. The van der Waals surface area contributed by atoms with E-state index >= 15 is 0 Å². The van der Waals surface area contributed by atoms with Crippen LogP contribution in [-0.2, 0) is 6.42 Å². The van der Waals surface area contributed by atoms with Crippen molar-refractivity contribution < 1.29 is 0 Å². The lowest BCUT2D eigenvalue weighted by Crippen LogP contribution is -2.19. The van der Waals surface area contributed by atoms with Gasteiger partial charge >= 0.3 is 0 Å². The monoisotopic (exact) mass is 226 g/mol. The Labute approximate surface area is 105 Å². The molecule has 0 nitrogen and oxygen atoms in total. The molecule has 0 heteroatoms. The lowest BCUT2D eigenvalue weighted by molar-refractivity contribution is 0.422. The van der Waals surface area contributed by atoms with Gasteiger partial charge in [0.05, 0.1) is 0 Å². The van der Waals surface area contributed by atoms with Crippen molar-refractivity contribution in [1.82, 2.24) is 0 Å². The van der Waals surface area contributed by atoms with Crippen LogP contribution in [0.15, 0.2) is 49.1 Å². The van der Waals surface area contributed by atoms with Gasteiger partial charge < -0.3 is 0 Å². The molecule has 0 saturated heterocycles. The summed E-state index contributed by atoms with van der Waals surface area (Å²) in [6.07, 6.45) is 6.95. The summed E-state index contributed by atoms with van der Waals surface area (Å²) in [6.45, 7) is 10.2. The van der Waals surface area contributed by atoms with Gasteiger partial charge in [0.25, 0.3) is 0 Å². The van der Waals surface area contributed by atoms with Crippen molar-refractivity contribution in [3.8, 4) is 0 Å². The predicted octanol–water partition coefficient (Wildman–Crippen LogP) is 4.87. The number of hydrogen-bond acceptors (Lipinski definition) is 0. The first-order valence-electron chi connectivity index (χ1n) is 6.57. The Morgan fingerprint density at radius 1 is 1.41 bits per heavy atom. The van der Waals surface area contributed by atoms with E-state index in [9.17, 15) is 0 Å². The summed E-state index contributed by atoms with van der Waals surface area (Å²) in [5.74, 6) is 1.29. The zero-order chi connectivity index (χ0) is 12.3. The molecule has 0 fully saturated rings. The van der Waals surface area contributed by atoms with E-state index in [4.69, 9.17) is 0 Å². The van der Waals surface area contributed by atoms with Crippen LogP contribution in [-0.4, -0.2) is 0 Å². The molecule has 1 aromatic carbocycles. The maximum atomic E-state index is 4.02. The molecule has 0 heterocycles. The Balaban J connectivity index is 2.24. The highest BCUT2D eigenvalue weighted by Gasteiger charge is 2.26. The normalized spacial score (nSPS) is 22.9. The van der Waals surface area contributed by atoms with Gasteiger partial charge in [-0.25, -0.2) is 0 Å². The molecule has 0 radical (unpaired) electrons. The first kappa shape index (κ1) is 12.2. The van der Waals surface area contributed by atoms with Crippen LogP contribution in [0.2, 0.25) is 0 Å². The molecular weight excluding hydrogens is 204 g/mol. The second-order valence-electron chi connectivity index (χ2n) is 5.24. The highest BCUT2D eigenvalue weighted by Crippen LogP contribution is 2.40. The van der Waals surface area contributed by atoms with Crippen molar-refractivity contribution in [3.63, 3.8) is 0 Å². The summed E-state index contributed by atoms with van der Waals surface area (Å²) in [7, 11) is 0. The standard InChI is InChI=1S/C17H22/c1-4-14-10-11-15-7-5-6-8-16(15)17(14)12-9-13(2)3/h4-8,14,17H,1-2,9-12H2,3H3/t14-,17+/m1/s1. The van der Waals surface area contributed by atoms with Crippen molar-refractivity contribution in [1.29, 1.82) is 0 Å². The first-order valence-corrected chi connectivity index (χ1v) is 6.57. The van der Waals surface area contributed by atoms with Gasteiger partial charge in [-0.1, -0.05) is 35.9 Å². The summed E-state index contributed by atoms with van der Waals surface area (Å²) in [5.41, 5.74) is 4.37. The molecule has 17 heavy (non-hydrogen) atoms. The van der Waals surface area contributed by atoms with Crippen LogP contribution < -0.4 is 0 Å². The summed E-state index contributed by atoms with van der Waals surface area (Å²) in [4.78, 5) is 0. The fourth-order valence-corrected chi connectivity index (χ4v) is 2.93. The molecule has 1 aliphatic rings. The topological polar surface area (TPSA) is 0 Å². The quantitative estimate of drug-likeness (QED) is 0.642. The van der Waals surface area contributed by atoms with Crippen LogP contribution in [0, 0.1) is 5.92 Å². The molecule has 0 saturated carbocycles. The molecular formula is C17H22. The van der Waals surface area contributed by atoms with Crippen molar-refractivity contribution >= 4 is 0 Å². The third kappa shape index (κ3) is 2.69. The van der Waals surface area contributed by atoms with Gasteiger partial charge in [0.1, 0.15) is 0 Å². The second-order valence-corrected chi connectivity index (χ2v) is 5.24. The van der Waals surface area contributed by atoms with Crippen LogP contribution in [0.25, 0.3) is 0 Å². The summed E-state index contributed by atoms with van der Waals surface area (Å²) in [5, 5.41) is 0. The Morgan fingerprint density at radius 2 is 2.18 bits per heavy atom. The molecule has 0 unspecified atom stereocenters. The zero-order valence-electron chi connectivity index (χ0n) is 10.8. The van der Waals surface area contributed by atoms with E-state index in [-0.39, 0.29) is 0 Å². The molecule has 1 aliphatic carbocycles. The minimum atomic E-state index is 0.643. The maximum Gasteiger partial charge on any atom is -0.00932 e. The zero-order valence-corrected chi connectivity index (χ0v) is 10.8. The Morgan fingerprint density at radius 3 is 2.88 bits per heavy atom. The molecule has 0 aromatic heterocycles. The number of rotatable bonds is 4. The highest BCUT2D eigenvalue weighted by molar-refractivity contribution is 5.34. The molecule has 0 bridgehead atoms. The van der Waals surface area contributed by atoms with Gasteiger partial charge in [0.2, 0.25) is 0 Å². The molecule has 0 amide bonds. The second kappa shape index (κ2) is 5.35. The average molecular weight is 226 g/mol. The maximum absolute atomic E-state index is 4.02. The highest BCUT2D eigenvalue weighted by atomic mass is 14.3. The van der Waals surface area contributed by atoms with Crippen molar-refractivity contribution in [2.75, 3.05) is 0 Å². The number of allylic oxidation sites excluding steroid dienone is 2. The van der Waals surface area contributed by atoms with E-state index in [1.807, 2.05) is 0 Å². The van der Waals surface area contributed by atoms with Crippen LogP contribution in [0.5, 0.6) is 0 Å². The number of hydrogen-bond donors (Lipinski definition) is 0. The molecule has 0 spiro atoms. The molecule has 2 atom stereocenters. The third-order valence-corrected chi connectivity index (χ3v) is 3.90. The van der Waals surface area contributed by atoms with Crippen LogP contribution in [0.4, 0.5) is 0 Å². The Kier molecular flexibility index (Phi) is 3.83. The van der Waals surface area contributed by atoms with E-state index in [1.165, 1.54) is 30.4 Å². The van der Waals surface area contributed by atoms with Crippen molar-refractivity contribution in [3.05, 3.63) is 60.2 Å². The lowest BCUT2D eigenvalue weighted by Gasteiger charge is -2.32.